The fourth-order valence-electron chi connectivity index (χ4n) is 1.32. The zero-order chi connectivity index (χ0) is 9.10. The Hall–Kier alpha value is -1.77. The molecule has 0 saturated carbocycles. The number of fused-ring (bicyclic) bond motifs is 1. The second kappa shape index (κ2) is 3.31. The third-order valence-corrected chi connectivity index (χ3v) is 1.91. The SMILES string of the molecule is O=CCNc1cc2ccccc2[nH]1. The third-order valence-electron chi connectivity index (χ3n) is 1.91. The van der Waals surface area contributed by atoms with Crippen molar-refractivity contribution in [1.29, 1.82) is 0 Å². The number of aldehydes is 1. The standard InChI is InChI=1S/C10H10N2O/c13-6-5-11-10-7-8-3-1-2-4-9(8)12-10/h1-4,6-7,11-12H,5H2. The number of carbonyl (C=O) groups excluding carboxylic acids is 1. The number of carbonyl (C=O) groups is 1. The van der Waals surface area contributed by atoms with Crippen LogP contribution in [0, 0.1) is 0 Å². The molecule has 0 amide bonds. The molecular formula is C10H10N2O. The zero-order valence-corrected chi connectivity index (χ0v) is 7.08. The lowest BCUT2D eigenvalue weighted by Crippen LogP contribution is -2.01. The average molecular weight is 174 g/mol. The molecule has 2 N–H and O–H groups in total. The van der Waals surface area contributed by atoms with Crippen LogP contribution in [0.2, 0.25) is 0 Å². The number of hydrogen-bond acceptors (Lipinski definition) is 2. The first-order valence-corrected chi connectivity index (χ1v) is 4.15. The lowest BCUT2D eigenvalue weighted by Gasteiger charge is -1.94. The van der Waals surface area contributed by atoms with Gasteiger partial charge in [-0.2, -0.15) is 0 Å². The van der Waals surface area contributed by atoms with Gasteiger partial charge < -0.3 is 15.1 Å². The van der Waals surface area contributed by atoms with E-state index in [-0.39, 0.29) is 0 Å². The fraction of sp³-hybridized carbons (Fsp3) is 0.100. The van der Waals surface area contributed by atoms with Crippen molar-refractivity contribution in [3.05, 3.63) is 30.3 Å². The molecule has 3 heteroatoms. The molecule has 0 aliphatic carbocycles. The summed E-state index contributed by atoms with van der Waals surface area (Å²) in [6.45, 7) is 0.340. The number of aromatic amines is 1. The van der Waals surface area contributed by atoms with E-state index in [1.807, 2.05) is 30.3 Å². The zero-order valence-electron chi connectivity index (χ0n) is 7.08. The molecule has 0 spiro atoms. The quantitative estimate of drug-likeness (QED) is 0.696. The smallest absolute Gasteiger partial charge is 0.139 e. The van der Waals surface area contributed by atoms with Gasteiger partial charge in [0.25, 0.3) is 0 Å². The predicted molar refractivity (Wildman–Crippen MR) is 52.9 cm³/mol. The monoisotopic (exact) mass is 174 g/mol. The lowest BCUT2D eigenvalue weighted by atomic mass is 10.2. The summed E-state index contributed by atoms with van der Waals surface area (Å²) in [5, 5.41) is 4.11. The number of hydrogen-bond donors (Lipinski definition) is 2. The highest BCUT2D eigenvalue weighted by Gasteiger charge is 1.97. The summed E-state index contributed by atoms with van der Waals surface area (Å²) in [4.78, 5) is 13.3. The minimum Gasteiger partial charge on any atom is -0.365 e. The molecule has 1 heterocycles. The molecule has 1 aromatic heterocycles. The van der Waals surface area contributed by atoms with E-state index < -0.39 is 0 Å². The van der Waals surface area contributed by atoms with Crippen LogP contribution in [-0.2, 0) is 4.79 Å². The Labute approximate surface area is 75.8 Å². The first kappa shape index (κ1) is 7.86. The van der Waals surface area contributed by atoms with Crippen molar-refractivity contribution < 1.29 is 4.79 Å². The maximum absolute atomic E-state index is 10.1. The van der Waals surface area contributed by atoms with Crippen LogP contribution in [0.3, 0.4) is 0 Å². The van der Waals surface area contributed by atoms with Crippen LogP contribution in [0.25, 0.3) is 10.9 Å². The Bertz CT molecular complexity index is 387. The fourth-order valence-corrected chi connectivity index (χ4v) is 1.32. The molecule has 0 radical (unpaired) electrons. The molecular weight excluding hydrogens is 164 g/mol. The van der Waals surface area contributed by atoms with E-state index >= 15 is 0 Å². The van der Waals surface area contributed by atoms with Gasteiger partial charge in [-0.3, -0.25) is 0 Å². The number of anilines is 1. The van der Waals surface area contributed by atoms with Crippen LogP contribution in [-0.4, -0.2) is 17.8 Å². The Morgan fingerprint density at radius 1 is 1.38 bits per heavy atom. The normalized spacial score (nSPS) is 10.2. The van der Waals surface area contributed by atoms with Crippen molar-refractivity contribution in [2.24, 2.45) is 0 Å². The van der Waals surface area contributed by atoms with Gasteiger partial charge in [0.15, 0.2) is 0 Å². The summed E-state index contributed by atoms with van der Waals surface area (Å²) in [6, 6.07) is 9.97. The number of rotatable bonds is 3. The average Bonchev–Trinajstić information content (AvgIpc) is 2.57. The molecule has 0 fully saturated rings. The second-order valence-electron chi connectivity index (χ2n) is 2.82. The number of para-hydroxylation sites is 1. The van der Waals surface area contributed by atoms with Crippen LogP contribution in [0.5, 0.6) is 0 Å². The molecule has 0 unspecified atom stereocenters. The molecule has 1 aromatic carbocycles. The van der Waals surface area contributed by atoms with E-state index in [4.69, 9.17) is 0 Å². The van der Waals surface area contributed by atoms with Crippen LogP contribution in [0.1, 0.15) is 0 Å². The molecule has 0 saturated heterocycles. The molecule has 2 rings (SSSR count). The Morgan fingerprint density at radius 3 is 3.00 bits per heavy atom. The van der Waals surface area contributed by atoms with E-state index in [2.05, 4.69) is 10.3 Å². The molecule has 13 heavy (non-hydrogen) atoms. The summed E-state index contributed by atoms with van der Waals surface area (Å²) in [5.74, 6) is 0.883. The summed E-state index contributed by atoms with van der Waals surface area (Å²) in [7, 11) is 0. The minimum atomic E-state index is 0.340. The molecule has 0 atom stereocenters. The highest BCUT2D eigenvalue weighted by molar-refractivity contribution is 5.84. The van der Waals surface area contributed by atoms with Crippen LogP contribution >= 0.6 is 0 Å². The minimum absolute atomic E-state index is 0.340. The Morgan fingerprint density at radius 2 is 2.23 bits per heavy atom. The van der Waals surface area contributed by atoms with Crippen molar-refractivity contribution in [3.8, 4) is 0 Å². The first-order valence-electron chi connectivity index (χ1n) is 4.15. The van der Waals surface area contributed by atoms with Gasteiger partial charge in [-0.05, 0) is 12.1 Å². The molecule has 66 valence electrons. The number of nitrogens with one attached hydrogen (secondary N) is 2. The molecule has 0 aliphatic rings. The second-order valence-corrected chi connectivity index (χ2v) is 2.82. The molecule has 3 nitrogen and oxygen atoms in total. The summed E-state index contributed by atoms with van der Waals surface area (Å²) < 4.78 is 0. The number of benzene rings is 1. The van der Waals surface area contributed by atoms with Gasteiger partial charge in [0.1, 0.15) is 12.1 Å². The summed E-state index contributed by atoms with van der Waals surface area (Å²) >= 11 is 0. The van der Waals surface area contributed by atoms with E-state index in [9.17, 15) is 4.79 Å². The highest BCUT2D eigenvalue weighted by atomic mass is 16.1. The predicted octanol–water partition coefficient (Wildman–Crippen LogP) is 1.78. The van der Waals surface area contributed by atoms with E-state index in [1.165, 1.54) is 0 Å². The number of aromatic nitrogens is 1. The van der Waals surface area contributed by atoms with Gasteiger partial charge in [0.05, 0.1) is 6.54 Å². The lowest BCUT2D eigenvalue weighted by molar-refractivity contribution is -0.106. The maximum atomic E-state index is 10.1. The largest absolute Gasteiger partial charge is 0.365 e. The Kier molecular flexibility index (Phi) is 2.00. The van der Waals surface area contributed by atoms with Crippen molar-refractivity contribution >= 4 is 23.0 Å². The molecule has 0 bridgehead atoms. The highest BCUT2D eigenvalue weighted by Crippen LogP contribution is 2.17. The van der Waals surface area contributed by atoms with Gasteiger partial charge in [-0.25, -0.2) is 0 Å². The van der Waals surface area contributed by atoms with Gasteiger partial charge in [0.2, 0.25) is 0 Å². The third kappa shape index (κ3) is 1.54. The van der Waals surface area contributed by atoms with Gasteiger partial charge in [0, 0.05) is 10.9 Å². The molecule has 0 aliphatic heterocycles. The van der Waals surface area contributed by atoms with Crippen LogP contribution < -0.4 is 5.32 Å². The van der Waals surface area contributed by atoms with Crippen LogP contribution in [0.4, 0.5) is 5.82 Å². The van der Waals surface area contributed by atoms with Crippen molar-refractivity contribution in [1.82, 2.24) is 4.98 Å². The van der Waals surface area contributed by atoms with Gasteiger partial charge in [-0.1, -0.05) is 18.2 Å². The van der Waals surface area contributed by atoms with E-state index in [0.29, 0.717) is 6.54 Å². The van der Waals surface area contributed by atoms with Crippen molar-refractivity contribution in [3.63, 3.8) is 0 Å². The van der Waals surface area contributed by atoms with Crippen molar-refractivity contribution in [2.45, 2.75) is 0 Å². The maximum Gasteiger partial charge on any atom is 0.139 e. The summed E-state index contributed by atoms with van der Waals surface area (Å²) in [5.41, 5.74) is 1.08. The van der Waals surface area contributed by atoms with Crippen molar-refractivity contribution in [2.75, 3.05) is 11.9 Å². The molecule has 2 aromatic rings. The van der Waals surface area contributed by atoms with E-state index in [1.54, 1.807) is 0 Å². The van der Waals surface area contributed by atoms with E-state index in [0.717, 1.165) is 23.0 Å². The topological polar surface area (TPSA) is 44.9 Å². The summed E-state index contributed by atoms with van der Waals surface area (Å²) in [6.07, 6.45) is 0.839. The van der Waals surface area contributed by atoms with Gasteiger partial charge >= 0.3 is 0 Å². The van der Waals surface area contributed by atoms with Gasteiger partial charge in [-0.15, -0.1) is 0 Å². The Balaban J connectivity index is 2.32. The van der Waals surface area contributed by atoms with Crippen LogP contribution in [0.15, 0.2) is 30.3 Å². The number of H-pyrrole nitrogens is 1. The first-order chi connectivity index (χ1) is 6.40.